The molecule has 0 aliphatic carbocycles. The maximum Gasteiger partial charge on any atom is 0.123 e. The summed E-state index contributed by atoms with van der Waals surface area (Å²) in [4.78, 5) is 2.37. The molecule has 1 aromatic rings. The van der Waals surface area contributed by atoms with Gasteiger partial charge in [0, 0.05) is 24.7 Å². The van der Waals surface area contributed by atoms with Crippen LogP contribution in [0.15, 0.2) is 18.2 Å². The summed E-state index contributed by atoms with van der Waals surface area (Å²) in [5.74, 6) is -0.176. The lowest BCUT2D eigenvalue weighted by atomic mass is 10.1. The van der Waals surface area contributed by atoms with E-state index in [0.29, 0.717) is 5.56 Å². The fraction of sp³-hybridized carbons (Fsp3) is 0.600. The van der Waals surface area contributed by atoms with Gasteiger partial charge in [0.2, 0.25) is 0 Å². The average Bonchev–Trinajstić information content (AvgIpc) is 2.40. The van der Waals surface area contributed by atoms with Crippen LogP contribution < -0.4 is 5.32 Å². The molecule has 3 nitrogen and oxygen atoms in total. The van der Waals surface area contributed by atoms with Crippen LogP contribution in [0.1, 0.15) is 38.8 Å². The summed E-state index contributed by atoms with van der Waals surface area (Å²) >= 11 is 0. The van der Waals surface area contributed by atoms with E-state index in [1.165, 1.54) is 18.2 Å². The largest absolute Gasteiger partial charge is 0.508 e. The molecule has 1 aromatic carbocycles. The van der Waals surface area contributed by atoms with Gasteiger partial charge in [-0.05, 0) is 44.6 Å². The van der Waals surface area contributed by atoms with Crippen molar-refractivity contribution in [1.82, 2.24) is 10.2 Å². The lowest BCUT2D eigenvalue weighted by Gasteiger charge is -2.22. The highest BCUT2D eigenvalue weighted by atomic mass is 19.1. The molecule has 0 fully saturated rings. The molecule has 2 N–H and O–H groups in total. The minimum absolute atomic E-state index is 0.0592. The molecule has 0 aliphatic rings. The summed E-state index contributed by atoms with van der Waals surface area (Å²) in [6.07, 6.45) is 1.15. The zero-order valence-corrected chi connectivity index (χ0v) is 12.1. The lowest BCUT2D eigenvalue weighted by molar-refractivity contribution is 0.283. The highest BCUT2D eigenvalue weighted by molar-refractivity contribution is 5.34. The zero-order chi connectivity index (χ0) is 14.3. The van der Waals surface area contributed by atoms with E-state index in [4.69, 9.17) is 0 Å². The molecule has 0 radical (unpaired) electrons. The van der Waals surface area contributed by atoms with Crippen LogP contribution in [0.2, 0.25) is 0 Å². The van der Waals surface area contributed by atoms with Crippen LogP contribution in [0.5, 0.6) is 5.75 Å². The standard InChI is InChI=1S/C15H25FN2O/c1-4-9-18(5-2)10-8-17-12(3)14-11-13(16)6-7-15(14)19/h6-7,11-12,17,19H,4-5,8-10H2,1-3H3. The Bertz CT molecular complexity index is 384. The van der Waals surface area contributed by atoms with Gasteiger partial charge in [0.25, 0.3) is 0 Å². The molecular formula is C15H25FN2O. The van der Waals surface area contributed by atoms with Gasteiger partial charge in [0.15, 0.2) is 0 Å². The molecule has 4 heteroatoms. The quantitative estimate of drug-likeness (QED) is 0.761. The van der Waals surface area contributed by atoms with Crippen LogP contribution in [0.25, 0.3) is 0 Å². The van der Waals surface area contributed by atoms with Gasteiger partial charge in [-0.1, -0.05) is 13.8 Å². The number of nitrogens with one attached hydrogen (secondary N) is 1. The molecule has 0 spiro atoms. The number of phenols is 1. The summed E-state index contributed by atoms with van der Waals surface area (Å²) in [5.41, 5.74) is 0.610. The first-order valence-corrected chi connectivity index (χ1v) is 7.02. The zero-order valence-electron chi connectivity index (χ0n) is 12.1. The third kappa shape index (κ3) is 5.17. The van der Waals surface area contributed by atoms with Crippen LogP contribution in [0.4, 0.5) is 4.39 Å². The molecule has 0 saturated carbocycles. The molecule has 1 unspecified atom stereocenters. The number of phenolic OH excluding ortho intramolecular Hbond substituents is 1. The number of nitrogens with zero attached hydrogens (tertiary/aromatic N) is 1. The average molecular weight is 268 g/mol. The molecule has 1 rings (SSSR count). The highest BCUT2D eigenvalue weighted by Crippen LogP contribution is 2.24. The van der Waals surface area contributed by atoms with Gasteiger partial charge >= 0.3 is 0 Å². The van der Waals surface area contributed by atoms with E-state index in [9.17, 15) is 9.50 Å². The summed E-state index contributed by atoms with van der Waals surface area (Å²) in [5, 5.41) is 13.0. The number of halogens is 1. The van der Waals surface area contributed by atoms with Crippen molar-refractivity contribution in [3.8, 4) is 5.75 Å². The van der Waals surface area contributed by atoms with Gasteiger partial charge in [-0.3, -0.25) is 0 Å². The second-order valence-electron chi connectivity index (χ2n) is 4.81. The Kier molecular flexibility index (Phi) is 6.81. The second kappa shape index (κ2) is 8.12. The number of hydrogen-bond donors (Lipinski definition) is 2. The van der Waals surface area contributed by atoms with Gasteiger partial charge in [-0.15, -0.1) is 0 Å². The SMILES string of the molecule is CCCN(CC)CCNC(C)c1cc(F)ccc1O. The predicted octanol–water partition coefficient (Wildman–Crippen LogP) is 2.91. The summed E-state index contributed by atoms with van der Waals surface area (Å²) in [7, 11) is 0. The Morgan fingerprint density at radius 3 is 2.68 bits per heavy atom. The van der Waals surface area contributed by atoms with Crippen LogP contribution >= 0.6 is 0 Å². The van der Waals surface area contributed by atoms with E-state index in [2.05, 4.69) is 24.1 Å². The first kappa shape index (κ1) is 15.9. The van der Waals surface area contributed by atoms with E-state index < -0.39 is 0 Å². The van der Waals surface area contributed by atoms with Crippen molar-refractivity contribution in [1.29, 1.82) is 0 Å². The van der Waals surface area contributed by atoms with Gasteiger partial charge < -0.3 is 15.3 Å². The third-order valence-electron chi connectivity index (χ3n) is 3.32. The topological polar surface area (TPSA) is 35.5 Å². The number of aromatic hydroxyl groups is 1. The highest BCUT2D eigenvalue weighted by Gasteiger charge is 2.11. The summed E-state index contributed by atoms with van der Waals surface area (Å²) < 4.78 is 13.2. The Labute approximate surface area is 115 Å². The monoisotopic (exact) mass is 268 g/mol. The maximum absolute atomic E-state index is 13.2. The Morgan fingerprint density at radius 2 is 2.05 bits per heavy atom. The fourth-order valence-corrected chi connectivity index (χ4v) is 2.17. The summed E-state index contributed by atoms with van der Waals surface area (Å²) in [6, 6.07) is 4.00. The van der Waals surface area contributed by atoms with E-state index in [1.807, 2.05) is 6.92 Å². The number of rotatable bonds is 8. The third-order valence-corrected chi connectivity index (χ3v) is 3.32. The Balaban J connectivity index is 2.46. The molecule has 1 atom stereocenters. The van der Waals surface area contributed by atoms with Crippen molar-refractivity contribution in [2.45, 2.75) is 33.2 Å². The van der Waals surface area contributed by atoms with Crippen molar-refractivity contribution in [3.05, 3.63) is 29.6 Å². The van der Waals surface area contributed by atoms with Crippen LogP contribution in [-0.2, 0) is 0 Å². The van der Waals surface area contributed by atoms with Crippen molar-refractivity contribution in [3.63, 3.8) is 0 Å². The molecule has 0 saturated heterocycles. The van der Waals surface area contributed by atoms with Gasteiger partial charge in [-0.25, -0.2) is 4.39 Å². The molecule has 0 amide bonds. The molecule has 0 heterocycles. The molecule has 0 aliphatic heterocycles. The van der Waals surface area contributed by atoms with Gasteiger partial charge in [0.05, 0.1) is 0 Å². The predicted molar refractivity (Wildman–Crippen MR) is 76.9 cm³/mol. The van der Waals surface area contributed by atoms with Gasteiger partial charge in [0.1, 0.15) is 11.6 Å². The van der Waals surface area contributed by atoms with E-state index in [1.54, 1.807) is 0 Å². The van der Waals surface area contributed by atoms with Crippen molar-refractivity contribution in [2.24, 2.45) is 0 Å². The summed E-state index contributed by atoms with van der Waals surface area (Å²) in [6.45, 7) is 10.2. The fourth-order valence-electron chi connectivity index (χ4n) is 2.17. The molecule has 19 heavy (non-hydrogen) atoms. The van der Waals surface area contributed by atoms with Crippen molar-refractivity contribution >= 4 is 0 Å². The second-order valence-corrected chi connectivity index (χ2v) is 4.81. The lowest BCUT2D eigenvalue weighted by Crippen LogP contribution is -2.33. The first-order valence-electron chi connectivity index (χ1n) is 7.02. The van der Waals surface area contributed by atoms with Crippen LogP contribution in [-0.4, -0.2) is 36.2 Å². The first-order chi connectivity index (χ1) is 9.08. The normalized spacial score (nSPS) is 12.9. The van der Waals surface area contributed by atoms with E-state index in [0.717, 1.165) is 32.6 Å². The number of likely N-dealkylation sites (N-methyl/N-ethyl adjacent to an activating group) is 1. The smallest absolute Gasteiger partial charge is 0.123 e. The minimum atomic E-state index is -0.317. The molecule has 0 bridgehead atoms. The maximum atomic E-state index is 13.2. The number of hydrogen-bond acceptors (Lipinski definition) is 3. The van der Waals surface area contributed by atoms with Crippen molar-refractivity contribution < 1.29 is 9.50 Å². The van der Waals surface area contributed by atoms with Gasteiger partial charge in [-0.2, -0.15) is 0 Å². The Morgan fingerprint density at radius 1 is 1.32 bits per heavy atom. The minimum Gasteiger partial charge on any atom is -0.508 e. The van der Waals surface area contributed by atoms with E-state index in [-0.39, 0.29) is 17.6 Å². The number of benzene rings is 1. The van der Waals surface area contributed by atoms with E-state index >= 15 is 0 Å². The van der Waals surface area contributed by atoms with Crippen LogP contribution in [0.3, 0.4) is 0 Å². The molecular weight excluding hydrogens is 243 g/mol. The molecule has 0 aromatic heterocycles. The Hall–Kier alpha value is -1.13. The molecule has 108 valence electrons. The van der Waals surface area contributed by atoms with Crippen LogP contribution in [0, 0.1) is 5.82 Å². The van der Waals surface area contributed by atoms with Crippen molar-refractivity contribution in [2.75, 3.05) is 26.2 Å².